The molecule has 0 radical (unpaired) electrons. The SMILES string of the molecule is O=C(CCc1cccnc1)N1CCN(Cc2ccc(Cl)s2)CC1. The molecule has 6 heteroatoms. The normalized spacial score (nSPS) is 15.8. The number of thiophene rings is 1. The average molecular weight is 350 g/mol. The first-order valence-electron chi connectivity index (χ1n) is 7.84. The largest absolute Gasteiger partial charge is 0.340 e. The topological polar surface area (TPSA) is 36.4 Å². The standard InChI is InChI=1S/C17H20ClN3OS/c18-16-5-4-15(23-16)13-20-8-10-21(11-9-20)17(22)6-3-14-2-1-7-19-12-14/h1-2,4-5,7,12H,3,6,8-11,13H2. The highest BCUT2D eigenvalue weighted by atomic mass is 35.5. The van der Waals surface area contributed by atoms with E-state index in [4.69, 9.17) is 11.6 Å². The number of aryl methyl sites for hydroxylation is 1. The van der Waals surface area contributed by atoms with Crippen molar-refractivity contribution in [3.8, 4) is 0 Å². The van der Waals surface area contributed by atoms with Crippen LogP contribution < -0.4 is 0 Å². The van der Waals surface area contributed by atoms with Gasteiger partial charge in [-0.2, -0.15) is 0 Å². The summed E-state index contributed by atoms with van der Waals surface area (Å²) in [5, 5.41) is 0. The van der Waals surface area contributed by atoms with Gasteiger partial charge in [0.2, 0.25) is 5.91 Å². The molecule has 0 spiro atoms. The molecule has 1 fully saturated rings. The molecule has 0 unspecified atom stereocenters. The van der Waals surface area contributed by atoms with E-state index in [1.54, 1.807) is 17.5 Å². The molecule has 0 bridgehead atoms. The third-order valence-corrected chi connectivity index (χ3v) is 5.30. The Kier molecular flexibility index (Phi) is 5.65. The monoisotopic (exact) mass is 349 g/mol. The Bertz CT molecular complexity index is 638. The minimum Gasteiger partial charge on any atom is -0.340 e. The van der Waals surface area contributed by atoms with Crippen LogP contribution in [0.25, 0.3) is 0 Å². The number of nitrogens with zero attached hydrogens (tertiary/aromatic N) is 3. The van der Waals surface area contributed by atoms with Crippen molar-refractivity contribution < 1.29 is 4.79 Å². The summed E-state index contributed by atoms with van der Waals surface area (Å²) in [5.74, 6) is 0.243. The lowest BCUT2D eigenvalue weighted by atomic mass is 10.1. The third kappa shape index (κ3) is 4.77. The van der Waals surface area contributed by atoms with Crippen LogP contribution in [0.2, 0.25) is 4.34 Å². The first-order chi connectivity index (χ1) is 11.2. The number of pyridine rings is 1. The molecule has 2 aromatic heterocycles. The second-order valence-corrected chi connectivity index (χ2v) is 7.52. The van der Waals surface area contributed by atoms with Crippen molar-refractivity contribution in [3.05, 3.63) is 51.4 Å². The van der Waals surface area contributed by atoms with Crippen molar-refractivity contribution >= 4 is 28.8 Å². The van der Waals surface area contributed by atoms with Gasteiger partial charge in [-0.1, -0.05) is 17.7 Å². The summed E-state index contributed by atoms with van der Waals surface area (Å²) >= 11 is 7.60. The van der Waals surface area contributed by atoms with Crippen LogP contribution in [0.15, 0.2) is 36.7 Å². The van der Waals surface area contributed by atoms with Crippen LogP contribution in [0.1, 0.15) is 16.9 Å². The number of hydrogen-bond donors (Lipinski definition) is 0. The van der Waals surface area contributed by atoms with Gasteiger partial charge in [-0.15, -0.1) is 11.3 Å². The quantitative estimate of drug-likeness (QED) is 0.832. The van der Waals surface area contributed by atoms with Gasteiger partial charge in [-0.05, 0) is 30.2 Å². The van der Waals surface area contributed by atoms with E-state index in [2.05, 4.69) is 16.0 Å². The highest BCUT2D eigenvalue weighted by Gasteiger charge is 2.21. The van der Waals surface area contributed by atoms with E-state index < -0.39 is 0 Å². The van der Waals surface area contributed by atoms with Gasteiger partial charge in [0.05, 0.1) is 4.34 Å². The first kappa shape index (κ1) is 16.4. The van der Waals surface area contributed by atoms with Crippen LogP contribution in [-0.2, 0) is 17.8 Å². The zero-order valence-corrected chi connectivity index (χ0v) is 14.5. The van der Waals surface area contributed by atoms with Crippen molar-refractivity contribution in [2.45, 2.75) is 19.4 Å². The second-order valence-electron chi connectivity index (χ2n) is 5.72. The number of carbonyl (C=O) groups excluding carboxylic acids is 1. The Morgan fingerprint density at radius 2 is 2.04 bits per heavy atom. The fourth-order valence-corrected chi connectivity index (χ4v) is 3.90. The maximum Gasteiger partial charge on any atom is 0.222 e. The molecule has 122 valence electrons. The van der Waals surface area contributed by atoms with Gasteiger partial charge >= 0.3 is 0 Å². The summed E-state index contributed by atoms with van der Waals surface area (Å²) in [6, 6.07) is 7.96. The lowest BCUT2D eigenvalue weighted by molar-refractivity contribution is -0.132. The van der Waals surface area contributed by atoms with Crippen LogP contribution in [0.5, 0.6) is 0 Å². The highest BCUT2D eigenvalue weighted by molar-refractivity contribution is 7.16. The molecule has 3 heterocycles. The first-order valence-corrected chi connectivity index (χ1v) is 9.03. The molecule has 4 nitrogen and oxygen atoms in total. The van der Waals surface area contributed by atoms with Crippen molar-refractivity contribution in [2.75, 3.05) is 26.2 Å². The fourth-order valence-electron chi connectivity index (χ4n) is 2.77. The summed E-state index contributed by atoms with van der Waals surface area (Å²) < 4.78 is 0.837. The molecule has 1 aliphatic rings. The summed E-state index contributed by atoms with van der Waals surface area (Å²) in [4.78, 5) is 22.0. The van der Waals surface area contributed by atoms with Crippen molar-refractivity contribution in [2.24, 2.45) is 0 Å². The van der Waals surface area contributed by atoms with Crippen LogP contribution in [0.4, 0.5) is 0 Å². The molecule has 0 atom stereocenters. The van der Waals surface area contributed by atoms with Gasteiger partial charge < -0.3 is 4.90 Å². The predicted molar refractivity (Wildman–Crippen MR) is 93.7 cm³/mol. The Hall–Kier alpha value is -1.43. The smallest absolute Gasteiger partial charge is 0.222 e. The fraction of sp³-hybridized carbons (Fsp3) is 0.412. The molecule has 2 aromatic rings. The Labute approximate surface area is 145 Å². The lowest BCUT2D eigenvalue weighted by Gasteiger charge is -2.34. The number of aromatic nitrogens is 1. The van der Waals surface area contributed by atoms with E-state index in [9.17, 15) is 4.79 Å². The maximum atomic E-state index is 12.3. The minimum atomic E-state index is 0.243. The molecule has 3 rings (SSSR count). The molecule has 1 aliphatic heterocycles. The number of amides is 1. The second kappa shape index (κ2) is 7.90. The van der Waals surface area contributed by atoms with Gasteiger partial charge in [0.15, 0.2) is 0 Å². The maximum absolute atomic E-state index is 12.3. The van der Waals surface area contributed by atoms with E-state index in [0.29, 0.717) is 6.42 Å². The van der Waals surface area contributed by atoms with Gasteiger partial charge in [-0.25, -0.2) is 0 Å². The highest BCUT2D eigenvalue weighted by Crippen LogP contribution is 2.23. The molecule has 23 heavy (non-hydrogen) atoms. The Balaban J connectivity index is 1.42. The molecular weight excluding hydrogens is 330 g/mol. The molecule has 0 saturated carbocycles. The molecule has 0 N–H and O–H groups in total. The van der Waals surface area contributed by atoms with Crippen molar-refractivity contribution in [1.29, 1.82) is 0 Å². The van der Waals surface area contributed by atoms with Crippen LogP contribution in [0.3, 0.4) is 0 Å². The van der Waals surface area contributed by atoms with Gasteiger partial charge in [0.25, 0.3) is 0 Å². The number of rotatable bonds is 5. The number of hydrogen-bond acceptors (Lipinski definition) is 4. The van der Waals surface area contributed by atoms with Crippen LogP contribution in [0, 0.1) is 0 Å². The van der Waals surface area contributed by atoms with Crippen LogP contribution in [-0.4, -0.2) is 46.9 Å². The Morgan fingerprint density at radius 1 is 1.22 bits per heavy atom. The number of piperazine rings is 1. The third-order valence-electron chi connectivity index (χ3n) is 4.08. The molecule has 1 amide bonds. The zero-order valence-electron chi connectivity index (χ0n) is 12.9. The summed E-state index contributed by atoms with van der Waals surface area (Å²) in [6.45, 7) is 4.40. The van der Waals surface area contributed by atoms with Gasteiger partial charge in [-0.3, -0.25) is 14.7 Å². The Morgan fingerprint density at radius 3 is 2.70 bits per heavy atom. The van der Waals surface area contributed by atoms with Crippen LogP contribution >= 0.6 is 22.9 Å². The van der Waals surface area contributed by atoms with Gasteiger partial charge in [0, 0.05) is 56.4 Å². The zero-order chi connectivity index (χ0) is 16.1. The lowest BCUT2D eigenvalue weighted by Crippen LogP contribution is -2.48. The van der Waals surface area contributed by atoms with Crippen molar-refractivity contribution in [1.82, 2.24) is 14.8 Å². The molecule has 0 aromatic carbocycles. The number of halogens is 1. The minimum absolute atomic E-state index is 0.243. The summed E-state index contributed by atoms with van der Waals surface area (Å²) in [7, 11) is 0. The number of carbonyl (C=O) groups is 1. The van der Waals surface area contributed by atoms with E-state index in [0.717, 1.165) is 49.0 Å². The van der Waals surface area contributed by atoms with E-state index in [1.807, 2.05) is 29.3 Å². The van der Waals surface area contributed by atoms with E-state index in [1.165, 1.54) is 4.88 Å². The predicted octanol–water partition coefficient (Wildman–Crippen LogP) is 3.07. The van der Waals surface area contributed by atoms with Crippen molar-refractivity contribution in [3.63, 3.8) is 0 Å². The summed E-state index contributed by atoms with van der Waals surface area (Å²) in [5.41, 5.74) is 1.12. The van der Waals surface area contributed by atoms with E-state index >= 15 is 0 Å². The van der Waals surface area contributed by atoms with E-state index in [-0.39, 0.29) is 5.91 Å². The molecule has 0 aliphatic carbocycles. The molecular formula is C17H20ClN3OS. The summed E-state index contributed by atoms with van der Waals surface area (Å²) in [6.07, 6.45) is 4.91. The van der Waals surface area contributed by atoms with Gasteiger partial charge in [0.1, 0.15) is 0 Å². The molecule has 1 saturated heterocycles. The average Bonchev–Trinajstić information content (AvgIpc) is 2.99.